The predicted octanol–water partition coefficient (Wildman–Crippen LogP) is 1.43. The molecule has 1 heterocycles. The predicted molar refractivity (Wildman–Crippen MR) is 76.4 cm³/mol. The minimum Gasteiger partial charge on any atom is -0.481 e. The molecule has 1 amide bonds. The molecule has 1 N–H and O–H groups in total. The van der Waals surface area contributed by atoms with Crippen LogP contribution >= 0.6 is 0 Å². The number of likely N-dealkylation sites (tertiary alicyclic amines) is 1. The number of carbonyl (C=O) groups is 2. The van der Waals surface area contributed by atoms with Crippen molar-refractivity contribution < 1.29 is 14.7 Å². The third-order valence-corrected chi connectivity index (χ3v) is 4.92. The zero-order valence-corrected chi connectivity index (χ0v) is 12.5. The number of hydrogen-bond acceptors (Lipinski definition) is 3. The summed E-state index contributed by atoms with van der Waals surface area (Å²) in [7, 11) is 1.83. The van der Waals surface area contributed by atoms with E-state index in [4.69, 9.17) is 0 Å². The topological polar surface area (TPSA) is 60.9 Å². The number of amides is 1. The highest BCUT2D eigenvalue weighted by molar-refractivity contribution is 5.85. The largest absolute Gasteiger partial charge is 0.481 e. The zero-order chi connectivity index (χ0) is 14.7. The number of nitrogens with zero attached hydrogens (tertiary/aromatic N) is 2. The molecule has 0 spiro atoms. The maximum Gasteiger partial charge on any atom is 0.307 e. The van der Waals surface area contributed by atoms with E-state index in [2.05, 4.69) is 11.8 Å². The molecule has 1 saturated carbocycles. The van der Waals surface area contributed by atoms with Crippen LogP contribution < -0.4 is 0 Å². The summed E-state index contributed by atoms with van der Waals surface area (Å²) < 4.78 is 0. The van der Waals surface area contributed by atoms with Gasteiger partial charge >= 0.3 is 5.97 Å². The summed E-state index contributed by atoms with van der Waals surface area (Å²) in [6.07, 6.45) is 4.55. The Balaban J connectivity index is 1.93. The molecule has 2 fully saturated rings. The molecule has 0 aromatic rings. The van der Waals surface area contributed by atoms with Gasteiger partial charge in [0.25, 0.3) is 0 Å². The standard InChI is InChI=1S/C15H26N2O3/c1-3-17-9-5-6-11(17)10-16(2)14(18)12-7-4-8-13(12)15(19)20/h11-13H,3-10H2,1-2H3,(H,19,20). The lowest BCUT2D eigenvalue weighted by Crippen LogP contribution is -2.44. The molecule has 2 aliphatic rings. The van der Waals surface area contributed by atoms with E-state index in [1.807, 2.05) is 7.05 Å². The van der Waals surface area contributed by atoms with Crippen LogP contribution in [0.1, 0.15) is 39.0 Å². The van der Waals surface area contributed by atoms with Crippen molar-refractivity contribution in [2.45, 2.75) is 45.1 Å². The van der Waals surface area contributed by atoms with Gasteiger partial charge in [0.05, 0.1) is 11.8 Å². The van der Waals surface area contributed by atoms with Gasteiger partial charge in [0, 0.05) is 19.6 Å². The third-order valence-electron chi connectivity index (χ3n) is 4.92. The number of aliphatic carboxylic acids is 1. The number of carboxylic acid groups (broad SMARTS) is 1. The fraction of sp³-hybridized carbons (Fsp3) is 0.867. The van der Waals surface area contributed by atoms with E-state index in [1.165, 1.54) is 6.42 Å². The second kappa shape index (κ2) is 6.57. The number of rotatable bonds is 5. The first-order chi connectivity index (χ1) is 9.54. The highest BCUT2D eigenvalue weighted by Crippen LogP contribution is 2.33. The summed E-state index contributed by atoms with van der Waals surface area (Å²) in [6.45, 7) is 5.02. The van der Waals surface area contributed by atoms with Crippen LogP contribution in [0.3, 0.4) is 0 Å². The fourth-order valence-corrected chi connectivity index (χ4v) is 3.76. The molecule has 5 nitrogen and oxygen atoms in total. The molecule has 0 bridgehead atoms. The Kier molecular flexibility index (Phi) is 5.02. The van der Waals surface area contributed by atoms with Crippen molar-refractivity contribution in [3.63, 3.8) is 0 Å². The first kappa shape index (κ1) is 15.3. The maximum absolute atomic E-state index is 12.5. The number of carboxylic acids is 1. The van der Waals surface area contributed by atoms with Crippen molar-refractivity contribution in [1.29, 1.82) is 0 Å². The van der Waals surface area contributed by atoms with E-state index in [9.17, 15) is 14.7 Å². The number of likely N-dealkylation sites (N-methyl/N-ethyl adjacent to an activating group) is 2. The Morgan fingerprint density at radius 2 is 1.90 bits per heavy atom. The highest BCUT2D eigenvalue weighted by Gasteiger charge is 2.39. The number of hydrogen-bond donors (Lipinski definition) is 1. The van der Waals surface area contributed by atoms with Gasteiger partial charge in [0.15, 0.2) is 0 Å². The second-order valence-corrected chi connectivity index (χ2v) is 6.13. The van der Waals surface area contributed by atoms with E-state index in [0.29, 0.717) is 12.5 Å². The smallest absolute Gasteiger partial charge is 0.307 e. The van der Waals surface area contributed by atoms with Crippen molar-refractivity contribution in [2.24, 2.45) is 11.8 Å². The Hall–Kier alpha value is -1.10. The summed E-state index contributed by atoms with van der Waals surface area (Å²) >= 11 is 0. The van der Waals surface area contributed by atoms with Crippen molar-refractivity contribution in [3.8, 4) is 0 Å². The van der Waals surface area contributed by atoms with Crippen LogP contribution in [-0.4, -0.2) is 59.5 Å². The van der Waals surface area contributed by atoms with Crippen LogP contribution in [0.2, 0.25) is 0 Å². The molecule has 5 heteroatoms. The van der Waals surface area contributed by atoms with Crippen molar-refractivity contribution in [1.82, 2.24) is 9.80 Å². The SMILES string of the molecule is CCN1CCCC1CN(C)C(=O)C1CCCC1C(=O)O. The van der Waals surface area contributed by atoms with Gasteiger partial charge in [-0.25, -0.2) is 0 Å². The molecule has 114 valence electrons. The quantitative estimate of drug-likeness (QED) is 0.828. The Morgan fingerprint density at radius 1 is 1.20 bits per heavy atom. The minimum atomic E-state index is -0.815. The average molecular weight is 282 g/mol. The summed E-state index contributed by atoms with van der Waals surface area (Å²) in [4.78, 5) is 27.9. The summed E-state index contributed by atoms with van der Waals surface area (Å²) in [5, 5.41) is 9.20. The van der Waals surface area contributed by atoms with Crippen LogP contribution in [0.5, 0.6) is 0 Å². The molecular weight excluding hydrogens is 256 g/mol. The Bertz CT molecular complexity index is 372. The van der Waals surface area contributed by atoms with Gasteiger partial charge in [-0.3, -0.25) is 14.5 Å². The molecule has 20 heavy (non-hydrogen) atoms. The van der Waals surface area contributed by atoms with Crippen LogP contribution in [-0.2, 0) is 9.59 Å². The molecule has 2 rings (SSSR count). The molecule has 3 atom stereocenters. The Morgan fingerprint density at radius 3 is 2.55 bits per heavy atom. The van der Waals surface area contributed by atoms with E-state index >= 15 is 0 Å². The molecule has 0 aromatic carbocycles. The van der Waals surface area contributed by atoms with Crippen molar-refractivity contribution >= 4 is 11.9 Å². The van der Waals surface area contributed by atoms with E-state index in [1.54, 1.807) is 4.90 Å². The van der Waals surface area contributed by atoms with Gasteiger partial charge < -0.3 is 10.0 Å². The molecule has 1 aliphatic heterocycles. The van der Waals surface area contributed by atoms with Gasteiger partial charge in [0.2, 0.25) is 5.91 Å². The summed E-state index contributed by atoms with van der Waals surface area (Å²) in [5.41, 5.74) is 0. The number of carbonyl (C=O) groups excluding carboxylic acids is 1. The van der Waals surface area contributed by atoms with E-state index in [0.717, 1.165) is 38.9 Å². The summed E-state index contributed by atoms with van der Waals surface area (Å²) in [6, 6.07) is 0.443. The van der Waals surface area contributed by atoms with Crippen LogP contribution in [0, 0.1) is 11.8 Å². The van der Waals surface area contributed by atoms with Crippen LogP contribution in [0.25, 0.3) is 0 Å². The molecule has 3 unspecified atom stereocenters. The van der Waals surface area contributed by atoms with Gasteiger partial charge in [-0.05, 0) is 38.8 Å². The van der Waals surface area contributed by atoms with Gasteiger partial charge in [-0.2, -0.15) is 0 Å². The maximum atomic E-state index is 12.5. The third kappa shape index (κ3) is 3.14. The molecule has 0 radical (unpaired) electrons. The zero-order valence-electron chi connectivity index (χ0n) is 12.5. The Labute approximate surface area is 120 Å². The van der Waals surface area contributed by atoms with Gasteiger partial charge in [-0.15, -0.1) is 0 Å². The molecule has 1 saturated heterocycles. The lowest BCUT2D eigenvalue weighted by Gasteiger charge is -2.30. The van der Waals surface area contributed by atoms with Crippen molar-refractivity contribution in [3.05, 3.63) is 0 Å². The molecular formula is C15H26N2O3. The highest BCUT2D eigenvalue weighted by atomic mass is 16.4. The fourth-order valence-electron chi connectivity index (χ4n) is 3.76. The van der Waals surface area contributed by atoms with Crippen LogP contribution in [0.4, 0.5) is 0 Å². The minimum absolute atomic E-state index is 0.0258. The average Bonchev–Trinajstić information content (AvgIpc) is 3.05. The van der Waals surface area contributed by atoms with Gasteiger partial charge in [-0.1, -0.05) is 13.3 Å². The first-order valence-corrected chi connectivity index (χ1v) is 7.76. The van der Waals surface area contributed by atoms with E-state index < -0.39 is 11.9 Å². The van der Waals surface area contributed by atoms with Crippen molar-refractivity contribution in [2.75, 3.05) is 26.7 Å². The normalized spacial score (nSPS) is 30.6. The lowest BCUT2D eigenvalue weighted by molar-refractivity contribution is -0.148. The molecule has 1 aliphatic carbocycles. The molecule has 0 aromatic heterocycles. The summed E-state index contributed by atoms with van der Waals surface area (Å²) in [5.74, 6) is -1.58. The second-order valence-electron chi connectivity index (χ2n) is 6.13. The first-order valence-electron chi connectivity index (χ1n) is 7.76. The van der Waals surface area contributed by atoms with Gasteiger partial charge in [0.1, 0.15) is 0 Å². The lowest BCUT2D eigenvalue weighted by atomic mass is 9.94. The van der Waals surface area contributed by atoms with Crippen LogP contribution in [0.15, 0.2) is 0 Å². The van der Waals surface area contributed by atoms with E-state index in [-0.39, 0.29) is 11.8 Å². The monoisotopic (exact) mass is 282 g/mol.